The Hall–Kier alpha value is -3.16. The minimum atomic E-state index is -0.462. The molecule has 0 aliphatic rings. The molecule has 2 aromatic heterocycles. The summed E-state index contributed by atoms with van der Waals surface area (Å²) in [5.41, 5.74) is 0.475. The number of hydrogen-bond donors (Lipinski definition) is 2. The van der Waals surface area contributed by atoms with Crippen LogP contribution in [0.3, 0.4) is 0 Å². The first kappa shape index (κ1) is 16.7. The molecule has 0 unspecified atom stereocenters. The number of hydrogen-bond acceptors (Lipinski definition) is 4. The van der Waals surface area contributed by atoms with Crippen LogP contribution in [0.25, 0.3) is 5.69 Å². The van der Waals surface area contributed by atoms with Crippen LogP contribution in [-0.2, 0) is 6.54 Å². The molecule has 2 heterocycles. The summed E-state index contributed by atoms with van der Waals surface area (Å²) in [6.45, 7) is 3.15. The van der Waals surface area contributed by atoms with Gasteiger partial charge < -0.3 is 15.0 Å². The van der Waals surface area contributed by atoms with Crippen molar-refractivity contribution in [2.75, 3.05) is 6.54 Å². The van der Waals surface area contributed by atoms with Gasteiger partial charge in [-0.3, -0.25) is 4.79 Å². The molecule has 0 spiro atoms. The van der Waals surface area contributed by atoms with Gasteiger partial charge in [0, 0.05) is 25.5 Å². The van der Waals surface area contributed by atoms with Crippen LogP contribution < -0.4 is 5.32 Å². The van der Waals surface area contributed by atoms with E-state index in [-0.39, 0.29) is 23.2 Å². The first-order chi connectivity index (χ1) is 12.0. The van der Waals surface area contributed by atoms with Crippen molar-refractivity contribution in [3.63, 3.8) is 0 Å². The summed E-state index contributed by atoms with van der Waals surface area (Å²) in [6, 6.07) is 5.59. The minimum absolute atomic E-state index is 0.0702. The van der Waals surface area contributed by atoms with Crippen LogP contribution >= 0.6 is 0 Å². The first-order valence-electron chi connectivity index (χ1n) is 7.81. The molecule has 25 heavy (non-hydrogen) atoms. The molecular formula is C17H18FN5O2. The van der Waals surface area contributed by atoms with Crippen LogP contribution in [0.1, 0.15) is 17.4 Å². The van der Waals surface area contributed by atoms with Crippen molar-refractivity contribution in [1.29, 1.82) is 0 Å². The molecule has 0 bridgehead atoms. The fourth-order valence-corrected chi connectivity index (χ4v) is 2.42. The molecule has 0 saturated carbocycles. The van der Waals surface area contributed by atoms with E-state index >= 15 is 0 Å². The van der Waals surface area contributed by atoms with Crippen LogP contribution in [0, 0.1) is 11.7 Å². The van der Waals surface area contributed by atoms with E-state index in [1.54, 1.807) is 12.5 Å². The van der Waals surface area contributed by atoms with Crippen molar-refractivity contribution in [1.82, 2.24) is 24.6 Å². The van der Waals surface area contributed by atoms with E-state index in [2.05, 4.69) is 15.4 Å². The summed E-state index contributed by atoms with van der Waals surface area (Å²) < 4.78 is 16.2. The number of amides is 1. The minimum Gasteiger partial charge on any atom is -0.504 e. The number of nitrogens with one attached hydrogen (secondary N) is 1. The second-order valence-corrected chi connectivity index (χ2v) is 5.86. The Kier molecular flexibility index (Phi) is 4.78. The third kappa shape index (κ3) is 4.03. The lowest BCUT2D eigenvalue weighted by Gasteiger charge is -2.12. The maximum absolute atomic E-state index is 13.0. The Bertz CT molecular complexity index is 843. The normalized spacial score (nSPS) is 12.1. The molecule has 0 aliphatic carbocycles. The van der Waals surface area contributed by atoms with Crippen LogP contribution in [0.2, 0.25) is 0 Å². The maximum Gasteiger partial charge on any atom is 0.275 e. The Balaban J connectivity index is 1.63. The molecule has 0 fully saturated rings. The monoisotopic (exact) mass is 343 g/mol. The zero-order valence-corrected chi connectivity index (χ0v) is 13.6. The van der Waals surface area contributed by atoms with Crippen molar-refractivity contribution in [3.8, 4) is 11.4 Å². The molecule has 1 atom stereocenters. The van der Waals surface area contributed by atoms with E-state index < -0.39 is 5.91 Å². The summed E-state index contributed by atoms with van der Waals surface area (Å²) in [4.78, 5) is 16.2. The number of aromatic hydroxyl groups is 1. The molecule has 0 aliphatic heterocycles. The number of halogens is 1. The fraction of sp³-hybridized carbons (Fsp3) is 0.235. The van der Waals surface area contributed by atoms with Crippen molar-refractivity contribution < 1.29 is 14.3 Å². The van der Waals surface area contributed by atoms with Gasteiger partial charge in [0.1, 0.15) is 5.82 Å². The van der Waals surface area contributed by atoms with E-state index in [1.807, 2.05) is 17.7 Å². The number of carbonyl (C=O) groups excluding carboxylic acids is 1. The fourth-order valence-electron chi connectivity index (χ4n) is 2.42. The predicted molar refractivity (Wildman–Crippen MR) is 88.9 cm³/mol. The summed E-state index contributed by atoms with van der Waals surface area (Å²) in [5, 5.41) is 16.8. The zero-order valence-electron chi connectivity index (χ0n) is 13.6. The highest BCUT2D eigenvalue weighted by Gasteiger charge is 2.17. The van der Waals surface area contributed by atoms with Gasteiger partial charge in [0.05, 0.1) is 18.2 Å². The largest absolute Gasteiger partial charge is 0.504 e. The van der Waals surface area contributed by atoms with Crippen LogP contribution in [-0.4, -0.2) is 36.9 Å². The lowest BCUT2D eigenvalue weighted by Crippen LogP contribution is -2.30. The number of nitrogens with zero attached hydrogens (tertiary/aromatic N) is 4. The van der Waals surface area contributed by atoms with Gasteiger partial charge in [0.2, 0.25) is 0 Å². The quantitative estimate of drug-likeness (QED) is 0.717. The molecule has 3 rings (SSSR count). The summed E-state index contributed by atoms with van der Waals surface area (Å²) >= 11 is 0. The third-order valence-corrected chi connectivity index (χ3v) is 3.69. The summed E-state index contributed by atoms with van der Waals surface area (Å²) in [6.07, 6.45) is 6.59. The Labute approximate surface area is 143 Å². The Morgan fingerprint density at radius 1 is 1.36 bits per heavy atom. The highest BCUT2D eigenvalue weighted by molar-refractivity contribution is 5.94. The molecule has 1 amide bonds. The number of imidazole rings is 1. The molecule has 130 valence electrons. The van der Waals surface area contributed by atoms with Gasteiger partial charge in [-0.25, -0.2) is 14.1 Å². The molecular weight excluding hydrogens is 325 g/mol. The second-order valence-electron chi connectivity index (χ2n) is 5.86. The van der Waals surface area contributed by atoms with Crippen molar-refractivity contribution >= 4 is 5.91 Å². The van der Waals surface area contributed by atoms with Gasteiger partial charge in [-0.1, -0.05) is 6.92 Å². The molecule has 1 aromatic carbocycles. The van der Waals surface area contributed by atoms with Crippen LogP contribution in [0.5, 0.6) is 5.75 Å². The predicted octanol–water partition coefficient (Wildman–Crippen LogP) is 1.98. The molecule has 3 aromatic rings. The third-order valence-electron chi connectivity index (χ3n) is 3.69. The van der Waals surface area contributed by atoms with Gasteiger partial charge in [0.25, 0.3) is 5.91 Å². The molecule has 2 N–H and O–H groups in total. The number of benzene rings is 1. The zero-order chi connectivity index (χ0) is 17.8. The number of carbonyl (C=O) groups is 1. The lowest BCUT2D eigenvalue weighted by atomic mass is 10.2. The first-order valence-corrected chi connectivity index (χ1v) is 7.81. The number of aromatic nitrogens is 4. The average Bonchev–Trinajstić information content (AvgIpc) is 3.23. The maximum atomic E-state index is 13.0. The smallest absolute Gasteiger partial charge is 0.275 e. The van der Waals surface area contributed by atoms with E-state index in [0.29, 0.717) is 12.2 Å². The Morgan fingerprint density at radius 2 is 2.12 bits per heavy atom. The van der Waals surface area contributed by atoms with Gasteiger partial charge in [0.15, 0.2) is 11.4 Å². The van der Waals surface area contributed by atoms with Crippen molar-refractivity contribution in [3.05, 3.63) is 60.7 Å². The van der Waals surface area contributed by atoms with Gasteiger partial charge >= 0.3 is 0 Å². The number of rotatable bonds is 6. The van der Waals surface area contributed by atoms with Crippen LogP contribution in [0.4, 0.5) is 4.39 Å². The van der Waals surface area contributed by atoms with E-state index in [0.717, 1.165) is 6.54 Å². The summed E-state index contributed by atoms with van der Waals surface area (Å²) in [5.74, 6) is -0.885. The highest BCUT2D eigenvalue weighted by atomic mass is 19.1. The average molecular weight is 343 g/mol. The van der Waals surface area contributed by atoms with Crippen molar-refractivity contribution in [2.45, 2.75) is 13.5 Å². The highest BCUT2D eigenvalue weighted by Crippen LogP contribution is 2.18. The second kappa shape index (κ2) is 7.16. The topological polar surface area (TPSA) is 85.0 Å². The van der Waals surface area contributed by atoms with Gasteiger partial charge in [-0.05, 0) is 30.2 Å². The summed E-state index contributed by atoms with van der Waals surface area (Å²) in [7, 11) is 0. The molecule has 0 radical (unpaired) electrons. The van der Waals surface area contributed by atoms with Crippen LogP contribution in [0.15, 0.2) is 49.2 Å². The molecule has 8 heteroatoms. The Morgan fingerprint density at radius 3 is 2.80 bits per heavy atom. The molecule has 0 saturated heterocycles. The SMILES string of the molecule is C[C@@H](CNC(=O)c1nn(-c2ccc(F)cc2)cc1O)Cn1ccnc1. The van der Waals surface area contributed by atoms with Gasteiger partial charge in [-0.2, -0.15) is 5.10 Å². The lowest BCUT2D eigenvalue weighted by molar-refractivity contribution is 0.0939. The van der Waals surface area contributed by atoms with Crippen molar-refractivity contribution in [2.24, 2.45) is 5.92 Å². The standard InChI is InChI=1S/C17H18FN5O2/c1-12(9-22-7-6-19-11-22)8-20-17(25)16-15(24)10-23(21-16)14-4-2-13(18)3-5-14/h2-7,10-12,24H,8-9H2,1H3,(H,20,25)/t12-/m0/s1. The molecule has 7 nitrogen and oxygen atoms in total. The van der Waals surface area contributed by atoms with E-state index in [9.17, 15) is 14.3 Å². The van der Waals surface area contributed by atoms with Gasteiger partial charge in [-0.15, -0.1) is 0 Å². The van der Waals surface area contributed by atoms with E-state index in [4.69, 9.17) is 0 Å². The van der Waals surface area contributed by atoms with E-state index in [1.165, 1.54) is 35.1 Å².